The maximum atomic E-state index is 12.9. The van der Waals surface area contributed by atoms with Gasteiger partial charge in [-0.2, -0.15) is 0 Å². The third kappa shape index (κ3) is 69.6. The first-order chi connectivity index (χ1) is 41.0. The molecule has 84 heavy (non-hydrogen) atoms. The molecule has 0 heterocycles. The molecular formula is C74H145NO8P+. The van der Waals surface area contributed by atoms with E-state index in [4.69, 9.17) is 18.5 Å². The Bertz CT molecular complexity index is 1460. The zero-order valence-electron chi connectivity index (χ0n) is 56.9. The number of rotatable bonds is 70. The lowest BCUT2D eigenvalue weighted by Gasteiger charge is -2.24. The third-order valence-electron chi connectivity index (χ3n) is 17.0. The topological polar surface area (TPSA) is 108 Å². The second kappa shape index (κ2) is 65.9. The number of carbonyl (C=O) groups excluding carboxylic acids is 2. The Hall–Kier alpha value is -1.51. The van der Waals surface area contributed by atoms with Gasteiger partial charge in [0.05, 0.1) is 27.7 Å². The predicted molar refractivity (Wildman–Crippen MR) is 363 cm³/mol. The Morgan fingerprint density at radius 3 is 0.940 bits per heavy atom. The minimum absolute atomic E-state index is 0.0342. The number of carbonyl (C=O) groups is 2. The molecule has 0 aromatic rings. The first kappa shape index (κ1) is 82.5. The van der Waals surface area contributed by atoms with Crippen molar-refractivity contribution in [3.8, 4) is 0 Å². The fraction of sp³-hybridized carbons (Fsp3) is 0.919. The van der Waals surface area contributed by atoms with Crippen LogP contribution in [0.25, 0.3) is 0 Å². The van der Waals surface area contributed by atoms with Crippen molar-refractivity contribution in [3.05, 3.63) is 24.3 Å². The number of allylic oxidation sites excluding steroid dienone is 4. The molecule has 2 atom stereocenters. The highest BCUT2D eigenvalue weighted by Crippen LogP contribution is 2.43. The molecule has 2 unspecified atom stereocenters. The van der Waals surface area contributed by atoms with Crippen molar-refractivity contribution >= 4 is 19.8 Å². The van der Waals surface area contributed by atoms with Gasteiger partial charge in [0.15, 0.2) is 6.10 Å². The molecule has 498 valence electrons. The first-order valence-corrected chi connectivity index (χ1v) is 38.6. The smallest absolute Gasteiger partial charge is 0.462 e. The number of hydrogen-bond acceptors (Lipinski definition) is 7. The largest absolute Gasteiger partial charge is 0.472 e. The van der Waals surface area contributed by atoms with E-state index in [9.17, 15) is 19.0 Å². The molecule has 10 heteroatoms. The molecule has 0 bridgehead atoms. The van der Waals surface area contributed by atoms with Crippen molar-refractivity contribution in [1.82, 2.24) is 0 Å². The Morgan fingerprint density at radius 2 is 0.643 bits per heavy atom. The molecule has 0 aromatic carbocycles. The molecule has 0 spiro atoms. The summed E-state index contributed by atoms with van der Waals surface area (Å²) in [7, 11) is 1.50. The number of esters is 2. The second-order valence-corrected chi connectivity index (χ2v) is 28.1. The molecule has 1 N–H and O–H groups in total. The zero-order valence-corrected chi connectivity index (χ0v) is 57.8. The van der Waals surface area contributed by atoms with Gasteiger partial charge in [-0.3, -0.25) is 18.6 Å². The van der Waals surface area contributed by atoms with Crippen LogP contribution < -0.4 is 0 Å². The van der Waals surface area contributed by atoms with Crippen LogP contribution in [-0.4, -0.2) is 74.9 Å². The molecule has 0 saturated carbocycles. The average molecular weight is 1210 g/mol. The number of quaternary nitrogens is 1. The highest BCUT2D eigenvalue weighted by atomic mass is 31.2. The van der Waals surface area contributed by atoms with Crippen LogP contribution in [0.3, 0.4) is 0 Å². The van der Waals surface area contributed by atoms with Crippen LogP contribution in [-0.2, 0) is 32.7 Å². The first-order valence-electron chi connectivity index (χ1n) is 37.1. The number of unbranched alkanes of at least 4 members (excludes halogenated alkanes) is 52. The van der Waals surface area contributed by atoms with Crippen molar-refractivity contribution in [3.63, 3.8) is 0 Å². The van der Waals surface area contributed by atoms with E-state index < -0.39 is 26.5 Å². The molecule has 0 rings (SSSR count). The Labute approximate surface area is 523 Å². The van der Waals surface area contributed by atoms with Gasteiger partial charge in [-0.15, -0.1) is 0 Å². The normalized spacial score (nSPS) is 13.2. The lowest BCUT2D eigenvalue weighted by atomic mass is 10.0. The van der Waals surface area contributed by atoms with Crippen molar-refractivity contribution in [2.24, 2.45) is 0 Å². The Kier molecular flexibility index (Phi) is 64.7. The van der Waals surface area contributed by atoms with Gasteiger partial charge in [-0.1, -0.05) is 353 Å². The number of ether oxygens (including phenoxy) is 2. The van der Waals surface area contributed by atoms with Gasteiger partial charge in [-0.05, 0) is 44.9 Å². The summed E-state index contributed by atoms with van der Waals surface area (Å²) in [4.78, 5) is 35.9. The van der Waals surface area contributed by atoms with E-state index in [0.29, 0.717) is 23.9 Å². The predicted octanol–water partition coefficient (Wildman–Crippen LogP) is 24.1. The van der Waals surface area contributed by atoms with E-state index in [-0.39, 0.29) is 25.6 Å². The van der Waals surface area contributed by atoms with Gasteiger partial charge in [0.1, 0.15) is 19.8 Å². The maximum absolute atomic E-state index is 12.9. The van der Waals surface area contributed by atoms with Crippen LogP contribution in [0.4, 0.5) is 0 Å². The van der Waals surface area contributed by atoms with E-state index in [2.05, 4.69) is 38.2 Å². The maximum Gasteiger partial charge on any atom is 0.472 e. The van der Waals surface area contributed by atoms with Crippen LogP contribution in [0.1, 0.15) is 386 Å². The van der Waals surface area contributed by atoms with Gasteiger partial charge >= 0.3 is 19.8 Å². The summed E-state index contributed by atoms with van der Waals surface area (Å²) in [5.74, 6) is -0.778. The average Bonchev–Trinajstić information content (AvgIpc) is 3.61. The summed E-state index contributed by atoms with van der Waals surface area (Å²) in [5.41, 5.74) is 0. The molecule has 0 fully saturated rings. The van der Waals surface area contributed by atoms with Crippen LogP contribution in [0.2, 0.25) is 0 Å². The highest BCUT2D eigenvalue weighted by Gasteiger charge is 2.27. The number of likely N-dealkylation sites (N-methyl/N-ethyl adjacent to an activating group) is 1. The van der Waals surface area contributed by atoms with Crippen molar-refractivity contribution in [1.29, 1.82) is 0 Å². The van der Waals surface area contributed by atoms with Gasteiger partial charge in [0, 0.05) is 12.8 Å². The zero-order chi connectivity index (χ0) is 61.2. The quantitative estimate of drug-likeness (QED) is 0.0211. The molecule has 0 saturated heterocycles. The van der Waals surface area contributed by atoms with E-state index in [0.717, 1.165) is 38.5 Å². The third-order valence-corrected chi connectivity index (χ3v) is 18.0. The van der Waals surface area contributed by atoms with Crippen LogP contribution in [0.5, 0.6) is 0 Å². The van der Waals surface area contributed by atoms with E-state index >= 15 is 0 Å². The molecule has 0 amide bonds. The van der Waals surface area contributed by atoms with Crippen LogP contribution in [0.15, 0.2) is 24.3 Å². The summed E-state index contributed by atoms with van der Waals surface area (Å²) in [6.45, 7) is 4.50. The van der Waals surface area contributed by atoms with Gasteiger partial charge in [0.25, 0.3) is 0 Å². The Morgan fingerprint density at radius 1 is 0.369 bits per heavy atom. The minimum Gasteiger partial charge on any atom is -0.462 e. The number of hydrogen-bond donors (Lipinski definition) is 1. The minimum atomic E-state index is -4.39. The lowest BCUT2D eigenvalue weighted by molar-refractivity contribution is -0.870. The highest BCUT2D eigenvalue weighted by molar-refractivity contribution is 7.47. The molecule has 0 aliphatic heterocycles. The summed E-state index contributed by atoms with van der Waals surface area (Å²) in [6.07, 6.45) is 83.1. The van der Waals surface area contributed by atoms with Gasteiger partial charge in [-0.25, -0.2) is 4.57 Å². The van der Waals surface area contributed by atoms with Crippen LogP contribution in [0, 0.1) is 0 Å². The van der Waals surface area contributed by atoms with Crippen LogP contribution >= 0.6 is 7.82 Å². The molecule has 0 aliphatic rings. The number of phosphoric ester groups is 1. The molecule has 0 aromatic heterocycles. The summed E-state index contributed by atoms with van der Waals surface area (Å²) >= 11 is 0. The monoisotopic (exact) mass is 1210 g/mol. The fourth-order valence-electron chi connectivity index (χ4n) is 11.3. The van der Waals surface area contributed by atoms with E-state index in [1.807, 2.05) is 21.1 Å². The van der Waals surface area contributed by atoms with Crippen molar-refractivity contribution in [2.75, 3.05) is 47.5 Å². The lowest BCUT2D eigenvalue weighted by Crippen LogP contribution is -2.37. The summed E-state index contributed by atoms with van der Waals surface area (Å²) in [6, 6.07) is 0. The van der Waals surface area contributed by atoms with E-state index in [1.165, 1.54) is 315 Å². The van der Waals surface area contributed by atoms with Gasteiger partial charge in [0.2, 0.25) is 0 Å². The second-order valence-electron chi connectivity index (χ2n) is 26.7. The number of nitrogens with zero attached hydrogens (tertiary/aromatic N) is 1. The van der Waals surface area contributed by atoms with Crippen molar-refractivity contribution in [2.45, 2.75) is 392 Å². The fourth-order valence-corrected chi connectivity index (χ4v) is 12.0. The van der Waals surface area contributed by atoms with E-state index in [1.54, 1.807) is 0 Å². The number of phosphoric acid groups is 1. The standard InChI is InChI=1S/C74H144NO8P/c1-6-8-10-12-14-16-18-20-22-24-26-28-30-31-32-33-34-35-36-37-38-39-40-41-42-43-45-46-48-50-52-54-56-58-60-62-64-66-73(76)80-70-72(71-82-84(78,79)81-69-68-75(3,4)5)83-74(77)67-65-63-61-59-57-55-53-51-49-47-44-29-27-25-23-21-19-17-15-13-11-9-7-2/h19,21,25,27,72H,6-18,20,22-24,26,28-71H2,1-5H3/p+1/b21-19-,27-25-. The Balaban J connectivity index is 3.90. The summed E-state index contributed by atoms with van der Waals surface area (Å²) < 4.78 is 34.7. The SMILES string of the molecule is CCCCCCC/C=C\C/C=C\CCCCCCCCCCCCCC(=O)OC(COC(=O)CCCCCCCCCCCCCCCCCCCCCCCCCCCCCCCCCCCCCCC)COP(=O)(O)OCC[N+](C)(C)C. The molecule has 9 nitrogen and oxygen atoms in total. The molecule has 0 aliphatic carbocycles. The van der Waals surface area contributed by atoms with Crippen molar-refractivity contribution < 1.29 is 42.1 Å². The molecular weight excluding hydrogens is 1060 g/mol. The summed E-state index contributed by atoms with van der Waals surface area (Å²) in [5, 5.41) is 0. The van der Waals surface area contributed by atoms with Gasteiger partial charge < -0.3 is 18.9 Å². The molecule has 0 radical (unpaired) electrons.